The zero-order valence-electron chi connectivity index (χ0n) is 11.4. The fourth-order valence-corrected chi connectivity index (χ4v) is 2.23. The van der Waals surface area contributed by atoms with Gasteiger partial charge in [0, 0.05) is 5.56 Å². The Morgan fingerprint density at radius 3 is 2.67 bits per heavy atom. The first-order valence-electron chi connectivity index (χ1n) is 6.57. The fourth-order valence-electron chi connectivity index (χ4n) is 2.23. The van der Waals surface area contributed by atoms with Crippen LogP contribution in [0.4, 0.5) is 0 Å². The minimum absolute atomic E-state index is 0.726. The van der Waals surface area contributed by atoms with Crippen LogP contribution in [0, 0.1) is 6.92 Å². The zero-order chi connectivity index (χ0) is 14.2. The maximum Gasteiger partial charge on any atom is 0.184 e. The third kappa shape index (κ3) is 1.97. The summed E-state index contributed by atoms with van der Waals surface area (Å²) in [5, 5.41) is 4.39. The summed E-state index contributed by atoms with van der Waals surface area (Å²) in [7, 11) is 0. The SMILES string of the molecule is Cc1ccc(-c2cnn(-n3cnc4cncnc43)c2)cc1. The van der Waals surface area contributed by atoms with Crippen LogP contribution in [0.3, 0.4) is 0 Å². The van der Waals surface area contributed by atoms with E-state index in [1.807, 2.05) is 12.4 Å². The highest BCUT2D eigenvalue weighted by Crippen LogP contribution is 2.19. The molecule has 0 unspecified atom stereocenters. The number of fused-ring (bicyclic) bond motifs is 1. The summed E-state index contributed by atoms with van der Waals surface area (Å²) in [4.78, 5) is 14.2. The van der Waals surface area contributed by atoms with Gasteiger partial charge in [0.25, 0.3) is 0 Å². The van der Waals surface area contributed by atoms with E-state index in [2.05, 4.69) is 51.2 Å². The summed E-state index contributed by atoms with van der Waals surface area (Å²) in [6.07, 6.45) is 8.66. The molecule has 1 aromatic carbocycles. The van der Waals surface area contributed by atoms with Gasteiger partial charge in [-0.25, -0.2) is 19.6 Å². The predicted molar refractivity (Wildman–Crippen MR) is 78.5 cm³/mol. The average Bonchev–Trinajstić information content (AvgIpc) is 3.14. The van der Waals surface area contributed by atoms with Crippen molar-refractivity contribution in [3.8, 4) is 11.1 Å². The Hall–Kier alpha value is -3.02. The van der Waals surface area contributed by atoms with Crippen LogP contribution in [0.2, 0.25) is 0 Å². The van der Waals surface area contributed by atoms with E-state index in [4.69, 9.17) is 0 Å². The van der Waals surface area contributed by atoms with Gasteiger partial charge < -0.3 is 0 Å². The lowest BCUT2D eigenvalue weighted by molar-refractivity contribution is 0.586. The van der Waals surface area contributed by atoms with Crippen molar-refractivity contribution in [2.75, 3.05) is 0 Å². The van der Waals surface area contributed by atoms with Crippen LogP contribution in [0.25, 0.3) is 22.3 Å². The van der Waals surface area contributed by atoms with Crippen molar-refractivity contribution in [2.45, 2.75) is 6.92 Å². The Kier molecular flexibility index (Phi) is 2.53. The number of aryl methyl sites for hydroxylation is 1. The Labute approximate surface area is 120 Å². The fraction of sp³-hybridized carbons (Fsp3) is 0.0667. The maximum absolute atomic E-state index is 4.39. The molecule has 0 bridgehead atoms. The summed E-state index contributed by atoms with van der Waals surface area (Å²) < 4.78 is 1.79. The molecule has 0 aliphatic carbocycles. The van der Waals surface area contributed by atoms with E-state index >= 15 is 0 Å². The van der Waals surface area contributed by atoms with Crippen molar-refractivity contribution < 1.29 is 0 Å². The quantitative estimate of drug-likeness (QED) is 0.563. The van der Waals surface area contributed by atoms with E-state index in [1.165, 1.54) is 11.9 Å². The Balaban J connectivity index is 1.79. The first-order valence-corrected chi connectivity index (χ1v) is 6.57. The molecule has 0 spiro atoms. The average molecular weight is 276 g/mol. The molecule has 0 fully saturated rings. The van der Waals surface area contributed by atoms with E-state index < -0.39 is 0 Å². The number of aromatic nitrogens is 6. The van der Waals surface area contributed by atoms with Gasteiger partial charge in [-0.2, -0.15) is 9.89 Å². The molecule has 0 amide bonds. The first kappa shape index (κ1) is 11.8. The van der Waals surface area contributed by atoms with Crippen LogP contribution < -0.4 is 0 Å². The molecule has 6 heteroatoms. The molecule has 0 saturated carbocycles. The highest BCUT2D eigenvalue weighted by Gasteiger charge is 2.07. The largest absolute Gasteiger partial charge is 0.242 e. The number of hydrogen-bond donors (Lipinski definition) is 0. The van der Waals surface area contributed by atoms with Gasteiger partial charge in [0.1, 0.15) is 18.2 Å². The minimum Gasteiger partial charge on any atom is -0.242 e. The molecule has 0 aliphatic rings. The standard InChI is InChI=1S/C15H12N6/c1-11-2-4-12(5-3-11)13-6-19-21(8-13)20-10-18-14-7-16-9-17-15(14)20/h2-10H,1H3. The first-order chi connectivity index (χ1) is 10.3. The summed E-state index contributed by atoms with van der Waals surface area (Å²) >= 11 is 0. The normalized spacial score (nSPS) is 11.1. The monoisotopic (exact) mass is 276 g/mol. The van der Waals surface area contributed by atoms with Gasteiger partial charge in [0.05, 0.1) is 18.6 Å². The van der Waals surface area contributed by atoms with Crippen LogP contribution in [0.1, 0.15) is 5.56 Å². The Bertz CT molecular complexity index is 903. The summed E-state index contributed by atoms with van der Waals surface area (Å²) in [5.41, 5.74) is 4.88. The second kappa shape index (κ2) is 4.52. The molecule has 102 valence electrons. The third-order valence-electron chi connectivity index (χ3n) is 3.37. The van der Waals surface area contributed by atoms with Gasteiger partial charge in [-0.3, -0.25) is 0 Å². The van der Waals surface area contributed by atoms with Crippen LogP contribution in [0.5, 0.6) is 0 Å². The van der Waals surface area contributed by atoms with Crippen LogP contribution >= 0.6 is 0 Å². The lowest BCUT2D eigenvalue weighted by Gasteiger charge is -2.01. The number of imidazole rings is 1. The number of nitrogens with zero attached hydrogens (tertiary/aromatic N) is 6. The lowest BCUT2D eigenvalue weighted by atomic mass is 10.1. The Morgan fingerprint density at radius 2 is 1.81 bits per heavy atom. The molecule has 6 nitrogen and oxygen atoms in total. The molecular formula is C15H12N6. The van der Waals surface area contributed by atoms with Gasteiger partial charge in [-0.05, 0) is 12.5 Å². The van der Waals surface area contributed by atoms with E-state index in [-0.39, 0.29) is 0 Å². The van der Waals surface area contributed by atoms with Crippen molar-refractivity contribution in [1.82, 2.24) is 29.5 Å². The van der Waals surface area contributed by atoms with E-state index in [0.29, 0.717) is 0 Å². The molecule has 0 N–H and O–H groups in total. The molecule has 3 heterocycles. The summed E-state index contributed by atoms with van der Waals surface area (Å²) in [6.45, 7) is 2.07. The van der Waals surface area contributed by atoms with Gasteiger partial charge in [-0.1, -0.05) is 29.8 Å². The third-order valence-corrected chi connectivity index (χ3v) is 3.37. The van der Waals surface area contributed by atoms with Crippen LogP contribution in [0.15, 0.2) is 55.5 Å². The van der Waals surface area contributed by atoms with Crippen LogP contribution in [-0.4, -0.2) is 29.5 Å². The van der Waals surface area contributed by atoms with E-state index in [0.717, 1.165) is 22.3 Å². The predicted octanol–water partition coefficient (Wildman–Crippen LogP) is 2.31. The van der Waals surface area contributed by atoms with Crippen molar-refractivity contribution >= 4 is 11.2 Å². The van der Waals surface area contributed by atoms with Crippen molar-refractivity contribution in [1.29, 1.82) is 0 Å². The molecule has 0 atom stereocenters. The highest BCUT2D eigenvalue weighted by atomic mass is 15.6. The van der Waals surface area contributed by atoms with Gasteiger partial charge in [-0.15, -0.1) is 0 Å². The lowest BCUT2D eigenvalue weighted by Crippen LogP contribution is -2.08. The van der Waals surface area contributed by atoms with Crippen LogP contribution in [-0.2, 0) is 0 Å². The maximum atomic E-state index is 4.39. The molecule has 0 radical (unpaired) electrons. The topological polar surface area (TPSA) is 61.4 Å². The number of rotatable bonds is 2. The molecule has 4 rings (SSSR count). The van der Waals surface area contributed by atoms with Gasteiger partial charge >= 0.3 is 0 Å². The van der Waals surface area contributed by atoms with Gasteiger partial charge in [0.15, 0.2) is 5.65 Å². The van der Waals surface area contributed by atoms with E-state index in [9.17, 15) is 0 Å². The van der Waals surface area contributed by atoms with E-state index in [1.54, 1.807) is 22.0 Å². The van der Waals surface area contributed by atoms with Gasteiger partial charge in [0.2, 0.25) is 0 Å². The number of benzene rings is 1. The molecular weight excluding hydrogens is 264 g/mol. The summed E-state index contributed by atoms with van der Waals surface area (Å²) in [6, 6.07) is 8.36. The van der Waals surface area contributed by atoms with Crippen molar-refractivity contribution in [3.05, 3.63) is 61.1 Å². The Morgan fingerprint density at radius 1 is 0.952 bits per heavy atom. The molecule has 0 saturated heterocycles. The second-order valence-corrected chi connectivity index (χ2v) is 4.84. The molecule has 4 aromatic rings. The smallest absolute Gasteiger partial charge is 0.184 e. The highest BCUT2D eigenvalue weighted by molar-refractivity contribution is 5.69. The summed E-state index contributed by atoms with van der Waals surface area (Å²) in [5.74, 6) is 0. The van der Waals surface area contributed by atoms with Crippen molar-refractivity contribution in [3.63, 3.8) is 0 Å². The number of hydrogen-bond acceptors (Lipinski definition) is 4. The zero-order valence-corrected chi connectivity index (χ0v) is 11.4. The molecule has 21 heavy (non-hydrogen) atoms. The molecule has 0 aliphatic heterocycles. The molecule has 3 aromatic heterocycles. The second-order valence-electron chi connectivity index (χ2n) is 4.84. The van der Waals surface area contributed by atoms with Crippen molar-refractivity contribution in [2.24, 2.45) is 0 Å². The minimum atomic E-state index is 0.726.